The minimum Gasteiger partial charge on any atom is -0.691 e. The Bertz CT molecular complexity index is 293. The third-order valence-corrected chi connectivity index (χ3v) is 4.21. The zero-order chi connectivity index (χ0) is 16.0. The third kappa shape index (κ3) is 5.28. The molecule has 1 rings (SSSR count). The minimum atomic E-state index is -1.15. The van der Waals surface area contributed by atoms with Crippen LogP contribution < -0.4 is 5.26 Å². The van der Waals surface area contributed by atoms with Gasteiger partial charge in [0.15, 0.2) is 12.3 Å². The lowest BCUT2D eigenvalue weighted by Gasteiger charge is -2.28. The van der Waals surface area contributed by atoms with Gasteiger partial charge >= 0.3 is 0 Å². The standard InChI is InChI=1S/C11H22O9S/c1-5(13)11(18-21-20-19-17)9(15)3-6-2-8(14)10(16)7(6)4-12/h5-17H,2-4H2,1H3/p-1/t5?,6?,7-,8?,9+,10-,11-/m0/s1. The molecule has 1 aliphatic carbocycles. The van der Waals surface area contributed by atoms with E-state index in [0.717, 1.165) is 0 Å². The van der Waals surface area contributed by atoms with Gasteiger partial charge in [0, 0.05) is 12.5 Å². The normalized spacial score (nSPS) is 33.9. The Morgan fingerprint density at radius 3 is 2.52 bits per heavy atom. The van der Waals surface area contributed by atoms with Crippen LogP contribution in [0, 0.1) is 11.8 Å². The van der Waals surface area contributed by atoms with Crippen LogP contribution in [-0.2, 0) is 13.6 Å². The van der Waals surface area contributed by atoms with Crippen molar-refractivity contribution in [3.05, 3.63) is 0 Å². The van der Waals surface area contributed by atoms with Crippen LogP contribution in [0.3, 0.4) is 0 Å². The highest BCUT2D eigenvalue weighted by atomic mass is 32.2. The van der Waals surface area contributed by atoms with Crippen molar-refractivity contribution in [2.75, 3.05) is 6.61 Å². The summed E-state index contributed by atoms with van der Waals surface area (Å²) in [6.45, 7) is 1.06. The molecule has 5 N–H and O–H groups in total. The van der Waals surface area contributed by atoms with E-state index in [-0.39, 0.29) is 37.7 Å². The molecular weight excluding hydrogens is 308 g/mol. The average Bonchev–Trinajstić information content (AvgIpc) is 2.68. The molecule has 0 amide bonds. The molecule has 0 aliphatic heterocycles. The fourth-order valence-corrected chi connectivity index (χ4v) is 3.13. The predicted octanol–water partition coefficient (Wildman–Crippen LogP) is -2.36. The van der Waals surface area contributed by atoms with Gasteiger partial charge < -0.3 is 30.8 Å². The molecule has 126 valence electrons. The number of aliphatic hydroxyl groups excluding tert-OH is 5. The van der Waals surface area contributed by atoms with Crippen LogP contribution in [-0.4, -0.2) is 62.7 Å². The highest BCUT2D eigenvalue weighted by Gasteiger charge is 2.43. The van der Waals surface area contributed by atoms with Crippen molar-refractivity contribution in [1.82, 2.24) is 0 Å². The smallest absolute Gasteiger partial charge is 0.194 e. The van der Waals surface area contributed by atoms with Crippen LogP contribution in [0.2, 0.25) is 0 Å². The van der Waals surface area contributed by atoms with Crippen LogP contribution in [0.4, 0.5) is 0 Å². The van der Waals surface area contributed by atoms with E-state index in [4.69, 9.17) is 4.18 Å². The fraction of sp³-hybridized carbons (Fsp3) is 1.00. The first kappa shape index (κ1) is 19.0. The minimum absolute atomic E-state index is 0.0910. The highest BCUT2D eigenvalue weighted by Crippen LogP contribution is 2.36. The molecule has 0 aromatic rings. The predicted molar refractivity (Wildman–Crippen MR) is 67.6 cm³/mol. The van der Waals surface area contributed by atoms with Gasteiger partial charge in [-0.3, -0.25) is 9.22 Å². The first-order valence-corrected chi connectivity index (χ1v) is 7.20. The van der Waals surface area contributed by atoms with Gasteiger partial charge in [0.05, 0.1) is 24.4 Å². The molecule has 0 heterocycles. The molecular formula is C11H21O9S-. The van der Waals surface area contributed by atoms with Crippen LogP contribution in [0.5, 0.6) is 0 Å². The molecule has 1 aliphatic rings. The lowest BCUT2D eigenvalue weighted by atomic mass is 9.88. The van der Waals surface area contributed by atoms with E-state index in [1.807, 2.05) is 0 Å². The van der Waals surface area contributed by atoms with Crippen molar-refractivity contribution in [3.8, 4) is 0 Å². The van der Waals surface area contributed by atoms with Crippen LogP contribution in [0.15, 0.2) is 0 Å². The summed E-state index contributed by atoms with van der Waals surface area (Å²) in [6, 6.07) is 0. The Kier molecular flexibility index (Phi) is 8.34. The molecule has 9 nitrogen and oxygen atoms in total. The summed E-state index contributed by atoms with van der Waals surface area (Å²) in [6.07, 6.45) is -4.98. The van der Waals surface area contributed by atoms with Gasteiger partial charge in [-0.1, -0.05) is 0 Å². The van der Waals surface area contributed by atoms with Gasteiger partial charge in [0.25, 0.3) is 0 Å². The first-order valence-electron chi connectivity index (χ1n) is 6.54. The number of hydrogen-bond acceptors (Lipinski definition) is 10. The maximum atomic E-state index is 10.1. The summed E-state index contributed by atoms with van der Waals surface area (Å²) in [5.41, 5.74) is 0. The Balaban J connectivity index is 2.57. The number of hydrogen-bond donors (Lipinski definition) is 5. The van der Waals surface area contributed by atoms with Gasteiger partial charge in [-0.2, -0.15) is 0 Å². The maximum Gasteiger partial charge on any atom is 0.194 e. The number of aliphatic hydroxyl groups is 5. The molecule has 0 spiro atoms. The molecule has 1 fully saturated rings. The second-order valence-electron chi connectivity index (χ2n) is 5.21. The zero-order valence-electron chi connectivity index (χ0n) is 11.4. The molecule has 3 unspecified atom stereocenters. The summed E-state index contributed by atoms with van der Waals surface area (Å²) < 4.78 is 8.83. The zero-order valence-corrected chi connectivity index (χ0v) is 12.3. The maximum absolute atomic E-state index is 10.1. The average molecular weight is 329 g/mol. The van der Waals surface area contributed by atoms with E-state index in [2.05, 4.69) is 9.37 Å². The Hall–Kier alpha value is -0.0100. The summed E-state index contributed by atoms with van der Waals surface area (Å²) >= 11 is 0.181. The number of rotatable bonds is 9. The lowest BCUT2D eigenvalue weighted by Crippen LogP contribution is -2.39. The van der Waals surface area contributed by atoms with Gasteiger partial charge in [0.2, 0.25) is 0 Å². The fourth-order valence-electron chi connectivity index (χ4n) is 2.70. The van der Waals surface area contributed by atoms with Crippen molar-refractivity contribution < 1.29 is 44.3 Å². The second-order valence-corrected chi connectivity index (χ2v) is 5.67. The quantitative estimate of drug-likeness (QED) is 0.134. The summed E-state index contributed by atoms with van der Waals surface area (Å²) in [5, 5.41) is 61.0. The molecule has 1 saturated carbocycles. The molecule has 0 bridgehead atoms. The molecule has 10 heteroatoms. The third-order valence-electron chi connectivity index (χ3n) is 3.80. The molecule has 0 aromatic heterocycles. The van der Waals surface area contributed by atoms with Crippen molar-refractivity contribution in [2.24, 2.45) is 11.8 Å². The monoisotopic (exact) mass is 329 g/mol. The SMILES string of the molecule is CC(O)[C@H](OSOO[O-])[C@H](O)CC1CC(O)[C@@H](O)[C@H]1CO. The second kappa shape index (κ2) is 9.20. The Morgan fingerprint density at radius 2 is 2.00 bits per heavy atom. The van der Waals surface area contributed by atoms with E-state index in [1.54, 1.807) is 0 Å². The Morgan fingerprint density at radius 1 is 1.33 bits per heavy atom. The van der Waals surface area contributed by atoms with Crippen LogP contribution >= 0.6 is 12.3 Å². The summed E-state index contributed by atoms with van der Waals surface area (Å²) in [7, 11) is 0. The van der Waals surface area contributed by atoms with Crippen molar-refractivity contribution in [2.45, 2.75) is 50.3 Å². The van der Waals surface area contributed by atoms with Crippen molar-refractivity contribution in [1.29, 1.82) is 0 Å². The lowest BCUT2D eigenvalue weighted by molar-refractivity contribution is -0.777. The van der Waals surface area contributed by atoms with E-state index in [9.17, 15) is 30.8 Å². The summed E-state index contributed by atoms with van der Waals surface area (Å²) in [4.78, 5) is 0. The topological polar surface area (TPSA) is 152 Å². The highest BCUT2D eigenvalue weighted by molar-refractivity contribution is 7.89. The van der Waals surface area contributed by atoms with Gasteiger partial charge in [0.1, 0.15) is 6.10 Å². The van der Waals surface area contributed by atoms with Crippen molar-refractivity contribution in [3.63, 3.8) is 0 Å². The van der Waals surface area contributed by atoms with Gasteiger partial charge in [-0.05, 0) is 25.7 Å². The van der Waals surface area contributed by atoms with E-state index >= 15 is 0 Å². The first-order chi connectivity index (χ1) is 9.92. The molecule has 0 saturated heterocycles. The van der Waals surface area contributed by atoms with Crippen molar-refractivity contribution >= 4 is 12.3 Å². The van der Waals surface area contributed by atoms with Gasteiger partial charge in [-0.25, -0.2) is 0 Å². The molecule has 0 aromatic carbocycles. The van der Waals surface area contributed by atoms with Crippen LogP contribution in [0.1, 0.15) is 19.8 Å². The summed E-state index contributed by atoms with van der Waals surface area (Å²) in [5.74, 6) is -0.889. The largest absolute Gasteiger partial charge is 0.691 e. The molecule has 21 heavy (non-hydrogen) atoms. The van der Waals surface area contributed by atoms with E-state index in [1.165, 1.54) is 6.92 Å². The Labute approximate surface area is 126 Å². The van der Waals surface area contributed by atoms with E-state index < -0.39 is 36.4 Å². The van der Waals surface area contributed by atoms with Crippen LogP contribution in [0.25, 0.3) is 0 Å². The van der Waals surface area contributed by atoms with E-state index in [0.29, 0.717) is 0 Å². The molecule has 0 radical (unpaired) electrons. The van der Waals surface area contributed by atoms with Gasteiger partial charge in [-0.15, -0.1) is 4.33 Å². The molecule has 7 atom stereocenters.